The number of hydrogen-bond acceptors (Lipinski definition) is 12. The predicted octanol–water partition coefficient (Wildman–Crippen LogP) is 7.47. The Hall–Kier alpha value is -4.36. The molecule has 0 spiro atoms. The number of anilines is 3. The summed E-state index contributed by atoms with van der Waals surface area (Å²) in [5.41, 5.74) is 12.9. The first-order valence-corrected chi connectivity index (χ1v) is 20.2. The third kappa shape index (κ3) is 7.42. The quantitative estimate of drug-likeness (QED) is 0.182. The van der Waals surface area contributed by atoms with Crippen molar-refractivity contribution in [1.29, 1.82) is 5.26 Å². The van der Waals surface area contributed by atoms with Gasteiger partial charge in [-0.1, -0.05) is 30.7 Å². The van der Waals surface area contributed by atoms with E-state index in [9.17, 15) is 13.9 Å². The van der Waals surface area contributed by atoms with Gasteiger partial charge in [0, 0.05) is 51.6 Å². The summed E-state index contributed by atoms with van der Waals surface area (Å²) < 4.78 is 52.9. The van der Waals surface area contributed by atoms with Crippen molar-refractivity contribution < 1.29 is 22.5 Å². The number of ether oxygens (including phenoxy) is 2. The molecule has 2 fully saturated rings. The molecule has 16 heteroatoms. The van der Waals surface area contributed by atoms with Crippen LogP contribution < -0.4 is 25.8 Å². The number of halogens is 3. The van der Waals surface area contributed by atoms with Crippen LogP contribution in [0.4, 0.5) is 25.4 Å². The molecule has 2 saturated heterocycles. The van der Waals surface area contributed by atoms with Gasteiger partial charge in [0.15, 0.2) is 11.6 Å². The lowest BCUT2D eigenvalue weighted by Gasteiger charge is -2.30. The maximum absolute atomic E-state index is 16.6. The molecule has 53 heavy (non-hydrogen) atoms. The molecule has 6 heterocycles. The first-order chi connectivity index (χ1) is 25.5. The molecule has 2 aromatic carbocycles. The summed E-state index contributed by atoms with van der Waals surface area (Å²) in [6.07, 6.45) is 9.19. The van der Waals surface area contributed by atoms with Crippen molar-refractivity contribution in [2.75, 3.05) is 61.7 Å². The number of methoxy groups -OCH3 is 1. The molecule has 4 N–H and O–H groups in total. The molecule has 3 aromatic heterocycles. The number of nitrogens with two attached hydrogens (primary N) is 2. The van der Waals surface area contributed by atoms with Crippen molar-refractivity contribution in [2.45, 2.75) is 51.6 Å². The maximum atomic E-state index is 16.6. The molecular formula is C37H41ClF2N8O3S2. The molecule has 2 atom stereocenters. The normalized spacial score (nSPS) is 16.5. The van der Waals surface area contributed by atoms with Crippen molar-refractivity contribution in [3.63, 3.8) is 0 Å². The fraction of sp³-hybridized carbons (Fsp3) is 0.405. The van der Waals surface area contributed by atoms with E-state index in [-0.39, 0.29) is 72.1 Å². The molecule has 0 saturated carbocycles. The van der Waals surface area contributed by atoms with Gasteiger partial charge in [-0.3, -0.25) is 4.21 Å². The Balaban J connectivity index is 0.000000310. The van der Waals surface area contributed by atoms with Crippen LogP contribution >= 0.6 is 22.9 Å². The smallest absolute Gasteiger partial charge is 0.318 e. The van der Waals surface area contributed by atoms with E-state index in [4.69, 9.17) is 32.5 Å². The molecule has 0 amide bonds. The number of nitrogens with zero attached hydrogens (tertiary/aromatic N) is 6. The lowest BCUT2D eigenvalue weighted by atomic mass is 9.96. The molecule has 280 valence electrons. The summed E-state index contributed by atoms with van der Waals surface area (Å²) in [6, 6.07) is 8.77. The summed E-state index contributed by atoms with van der Waals surface area (Å²) in [7, 11) is 0.803. The SMILES string of the molecule is C1CC2CCCN2C1.CCS(C)=O.COc1nc2c3c(c(Cl)c(-c4ccc(F)c5sc(N)c(C#N)c45)c(F)c3n1)OCCN2[C@H](C)c1cccnc1N. The fourth-order valence-electron chi connectivity index (χ4n) is 7.14. The zero-order valence-corrected chi connectivity index (χ0v) is 32.3. The number of nitrogen functional groups attached to an aromatic ring is 2. The van der Waals surface area contributed by atoms with Gasteiger partial charge in [0.2, 0.25) is 0 Å². The largest absolute Gasteiger partial charge is 0.489 e. The Morgan fingerprint density at radius 1 is 1.17 bits per heavy atom. The van der Waals surface area contributed by atoms with Crippen molar-refractivity contribution in [3.05, 3.63) is 58.2 Å². The van der Waals surface area contributed by atoms with Gasteiger partial charge in [0.05, 0.1) is 40.4 Å². The van der Waals surface area contributed by atoms with E-state index in [1.807, 2.05) is 30.9 Å². The monoisotopic (exact) mass is 782 g/mol. The summed E-state index contributed by atoms with van der Waals surface area (Å²) in [4.78, 5) is 17.6. The Bertz CT molecular complexity index is 2210. The first kappa shape index (κ1) is 38.4. The Labute approximate surface area is 318 Å². The lowest BCUT2D eigenvalue weighted by molar-refractivity contribution is 0.325. The van der Waals surface area contributed by atoms with Gasteiger partial charge < -0.3 is 30.7 Å². The molecule has 0 aliphatic carbocycles. The van der Waals surface area contributed by atoms with Crippen LogP contribution in [0.2, 0.25) is 5.02 Å². The van der Waals surface area contributed by atoms with E-state index in [1.54, 1.807) is 18.5 Å². The number of hydrogen-bond donors (Lipinski definition) is 2. The van der Waals surface area contributed by atoms with Crippen LogP contribution in [0.25, 0.3) is 32.1 Å². The van der Waals surface area contributed by atoms with Crippen molar-refractivity contribution >= 4 is 71.4 Å². The van der Waals surface area contributed by atoms with E-state index < -0.39 is 22.4 Å². The number of rotatable bonds is 5. The van der Waals surface area contributed by atoms with Gasteiger partial charge in [-0.15, -0.1) is 11.3 Å². The summed E-state index contributed by atoms with van der Waals surface area (Å²) in [5.74, 6) is 0.208. The number of benzene rings is 2. The van der Waals surface area contributed by atoms with Crippen LogP contribution in [0.3, 0.4) is 0 Å². The molecule has 0 bridgehead atoms. The highest BCUT2D eigenvalue weighted by Gasteiger charge is 2.33. The van der Waals surface area contributed by atoms with E-state index in [0.29, 0.717) is 18.2 Å². The van der Waals surface area contributed by atoms with E-state index in [2.05, 4.69) is 19.9 Å². The summed E-state index contributed by atoms with van der Waals surface area (Å²) in [6.45, 7) is 7.11. The zero-order valence-electron chi connectivity index (χ0n) is 29.9. The second-order valence-electron chi connectivity index (χ2n) is 12.9. The van der Waals surface area contributed by atoms with Crippen LogP contribution in [0, 0.1) is 23.0 Å². The molecule has 3 aliphatic rings. The van der Waals surface area contributed by atoms with Crippen molar-refractivity contribution in [1.82, 2.24) is 19.9 Å². The molecule has 11 nitrogen and oxygen atoms in total. The topological polar surface area (TPSA) is 157 Å². The number of aromatic nitrogens is 3. The third-order valence-corrected chi connectivity index (χ3v) is 12.1. The molecule has 5 aromatic rings. The Morgan fingerprint density at radius 3 is 2.51 bits per heavy atom. The summed E-state index contributed by atoms with van der Waals surface area (Å²) in [5, 5.41) is 10.2. The van der Waals surface area contributed by atoms with Crippen LogP contribution in [0.5, 0.6) is 11.8 Å². The van der Waals surface area contributed by atoms with Crippen molar-refractivity contribution in [3.8, 4) is 29.0 Å². The van der Waals surface area contributed by atoms with Gasteiger partial charge in [-0.25, -0.2) is 13.8 Å². The molecule has 0 radical (unpaired) electrons. The van der Waals surface area contributed by atoms with E-state index in [0.717, 1.165) is 28.7 Å². The average Bonchev–Trinajstić information content (AvgIpc) is 3.85. The highest BCUT2D eigenvalue weighted by molar-refractivity contribution is 7.84. The minimum atomic E-state index is -0.814. The van der Waals surface area contributed by atoms with Gasteiger partial charge in [0.25, 0.3) is 0 Å². The van der Waals surface area contributed by atoms with Crippen LogP contribution in [-0.2, 0) is 10.8 Å². The molecule has 1 unspecified atom stereocenters. The molecular weight excluding hydrogens is 742 g/mol. The van der Waals surface area contributed by atoms with Crippen LogP contribution in [-0.4, -0.2) is 75.5 Å². The first-order valence-electron chi connectivity index (χ1n) is 17.3. The highest BCUT2D eigenvalue weighted by Crippen LogP contribution is 2.51. The Kier molecular flexibility index (Phi) is 11.8. The number of fused-ring (bicyclic) bond motifs is 2. The zero-order chi connectivity index (χ0) is 38.0. The highest BCUT2D eigenvalue weighted by atomic mass is 35.5. The number of pyridine rings is 1. The number of nitriles is 1. The minimum Gasteiger partial charge on any atom is -0.489 e. The molecule has 3 aliphatic heterocycles. The number of thiophene rings is 1. The standard InChI is InChI=1S/C27H20ClF2N7O2S.C7H13N.C3H8OS/c1-11(12-4-3-7-34-24(12)32)37-8-9-39-22-18-21(35-27(38-2)36-26(18)37)20(30)17(19(22)28)13-5-6-15(29)23-16(13)14(10-31)25(33)40-23;1-3-7-4-2-6-8(7)5-1;1-3-5(2)4/h3-7,11H,8-9,33H2,1-2H3,(H2,32,34);7H,1-6H2;3H2,1-2H3/t11-;;/m1../s1. The molecule has 8 rings (SSSR count). The summed E-state index contributed by atoms with van der Waals surface area (Å²) >= 11 is 7.79. The van der Waals surface area contributed by atoms with Gasteiger partial charge in [0.1, 0.15) is 40.6 Å². The predicted molar refractivity (Wildman–Crippen MR) is 209 cm³/mol. The van der Waals surface area contributed by atoms with E-state index in [1.165, 1.54) is 58.0 Å². The fourth-order valence-corrected chi connectivity index (χ4v) is 8.42. The van der Waals surface area contributed by atoms with Gasteiger partial charge in [-0.05, 0) is 63.4 Å². The minimum absolute atomic E-state index is 0.0341. The third-order valence-electron chi connectivity index (χ3n) is 9.85. The van der Waals surface area contributed by atoms with E-state index >= 15 is 4.39 Å². The van der Waals surface area contributed by atoms with Crippen LogP contribution in [0.1, 0.15) is 56.7 Å². The maximum Gasteiger partial charge on any atom is 0.318 e. The van der Waals surface area contributed by atoms with Gasteiger partial charge >= 0.3 is 6.01 Å². The lowest BCUT2D eigenvalue weighted by Crippen LogP contribution is -2.31. The van der Waals surface area contributed by atoms with Crippen LogP contribution in [0.15, 0.2) is 30.5 Å². The second kappa shape index (κ2) is 16.3. The Morgan fingerprint density at radius 2 is 1.89 bits per heavy atom. The van der Waals surface area contributed by atoms with Crippen molar-refractivity contribution in [2.24, 2.45) is 0 Å². The second-order valence-corrected chi connectivity index (χ2v) is 16.0. The average molecular weight is 783 g/mol. The van der Waals surface area contributed by atoms with Gasteiger partial charge in [-0.2, -0.15) is 15.2 Å².